The lowest BCUT2D eigenvalue weighted by molar-refractivity contribution is -0.123. The number of piperazine rings is 1. The van der Waals surface area contributed by atoms with E-state index in [9.17, 15) is 4.79 Å². The van der Waals surface area contributed by atoms with Crippen molar-refractivity contribution in [3.05, 3.63) is 71.3 Å². The first-order valence-electron chi connectivity index (χ1n) is 9.42. The molecule has 5 heteroatoms. The lowest BCUT2D eigenvalue weighted by atomic mass is 10.1. The smallest absolute Gasteiger partial charge is 0.234 e. The van der Waals surface area contributed by atoms with E-state index in [2.05, 4.69) is 45.5 Å². The normalized spacial score (nSPS) is 16.4. The van der Waals surface area contributed by atoms with Gasteiger partial charge in [0, 0.05) is 32.7 Å². The average molecular weight is 362 g/mol. The standard InChI is InChI=1S/C22H26N4O/c1-18(21-9-7-19(15-23)8-10-21)24-22(27)17-26-13-11-25(12-14-26)16-20-5-3-2-4-6-20/h2-10,18H,11-14,16-17H2,1H3,(H,24,27). The number of carbonyl (C=O) groups is 1. The van der Waals surface area contributed by atoms with Gasteiger partial charge in [-0.25, -0.2) is 0 Å². The maximum absolute atomic E-state index is 12.4. The fourth-order valence-corrected chi connectivity index (χ4v) is 3.37. The van der Waals surface area contributed by atoms with Crippen molar-refractivity contribution in [2.24, 2.45) is 0 Å². The van der Waals surface area contributed by atoms with Crippen LogP contribution in [0.15, 0.2) is 54.6 Å². The quantitative estimate of drug-likeness (QED) is 0.858. The molecule has 27 heavy (non-hydrogen) atoms. The number of nitriles is 1. The van der Waals surface area contributed by atoms with Gasteiger partial charge in [0.1, 0.15) is 0 Å². The molecule has 2 aromatic carbocycles. The molecule has 0 aromatic heterocycles. The number of nitrogens with zero attached hydrogens (tertiary/aromatic N) is 3. The zero-order valence-corrected chi connectivity index (χ0v) is 15.8. The van der Waals surface area contributed by atoms with Gasteiger partial charge in [0.2, 0.25) is 5.91 Å². The molecule has 0 saturated carbocycles. The summed E-state index contributed by atoms with van der Waals surface area (Å²) < 4.78 is 0. The Morgan fingerprint density at radius 1 is 1.04 bits per heavy atom. The third kappa shape index (κ3) is 5.65. The second kappa shape index (κ2) is 9.31. The van der Waals surface area contributed by atoms with E-state index in [1.807, 2.05) is 25.1 Å². The maximum atomic E-state index is 12.4. The lowest BCUT2D eigenvalue weighted by Gasteiger charge is -2.34. The molecular formula is C22H26N4O. The number of nitrogens with one attached hydrogen (secondary N) is 1. The summed E-state index contributed by atoms with van der Waals surface area (Å²) in [4.78, 5) is 17.0. The monoisotopic (exact) mass is 362 g/mol. The summed E-state index contributed by atoms with van der Waals surface area (Å²) in [6, 6.07) is 19.9. The van der Waals surface area contributed by atoms with Gasteiger partial charge in [-0.15, -0.1) is 0 Å². The number of hydrogen-bond donors (Lipinski definition) is 1. The number of benzene rings is 2. The van der Waals surface area contributed by atoms with E-state index in [1.165, 1.54) is 5.56 Å². The van der Waals surface area contributed by atoms with Gasteiger partial charge in [0.15, 0.2) is 0 Å². The molecule has 1 saturated heterocycles. The Kier molecular flexibility index (Phi) is 6.59. The van der Waals surface area contributed by atoms with Crippen molar-refractivity contribution in [2.75, 3.05) is 32.7 Å². The molecule has 5 nitrogen and oxygen atoms in total. The molecule has 140 valence electrons. The Morgan fingerprint density at radius 3 is 2.30 bits per heavy atom. The maximum Gasteiger partial charge on any atom is 0.234 e. The van der Waals surface area contributed by atoms with E-state index in [1.54, 1.807) is 12.1 Å². The minimum absolute atomic E-state index is 0.0448. The molecule has 2 aromatic rings. The predicted octanol–water partition coefficient (Wildman–Crippen LogP) is 2.55. The molecule has 0 bridgehead atoms. The molecule has 1 unspecified atom stereocenters. The Balaban J connectivity index is 1.41. The highest BCUT2D eigenvalue weighted by molar-refractivity contribution is 5.78. The molecule has 0 aliphatic carbocycles. The first-order chi connectivity index (χ1) is 13.1. The van der Waals surface area contributed by atoms with Crippen molar-refractivity contribution in [1.29, 1.82) is 5.26 Å². The van der Waals surface area contributed by atoms with E-state index in [0.29, 0.717) is 12.1 Å². The summed E-state index contributed by atoms with van der Waals surface area (Å²) >= 11 is 0. The first kappa shape index (κ1) is 19.1. The van der Waals surface area contributed by atoms with Crippen LogP contribution >= 0.6 is 0 Å². The van der Waals surface area contributed by atoms with Gasteiger partial charge in [-0.1, -0.05) is 42.5 Å². The highest BCUT2D eigenvalue weighted by atomic mass is 16.2. The average Bonchev–Trinajstić information content (AvgIpc) is 2.70. The van der Waals surface area contributed by atoms with Crippen molar-refractivity contribution in [3.8, 4) is 6.07 Å². The third-order valence-corrected chi connectivity index (χ3v) is 5.00. The number of hydrogen-bond acceptors (Lipinski definition) is 4. The van der Waals surface area contributed by atoms with E-state index >= 15 is 0 Å². The van der Waals surface area contributed by atoms with Crippen LogP contribution < -0.4 is 5.32 Å². The Bertz CT molecular complexity index is 774. The summed E-state index contributed by atoms with van der Waals surface area (Å²) in [7, 11) is 0. The summed E-state index contributed by atoms with van der Waals surface area (Å²) in [5.74, 6) is 0.0448. The van der Waals surface area contributed by atoms with Crippen LogP contribution in [-0.2, 0) is 11.3 Å². The molecule has 0 spiro atoms. The summed E-state index contributed by atoms with van der Waals surface area (Å²) in [6.07, 6.45) is 0. The van der Waals surface area contributed by atoms with E-state index < -0.39 is 0 Å². The van der Waals surface area contributed by atoms with Gasteiger partial charge in [-0.3, -0.25) is 14.6 Å². The van der Waals surface area contributed by atoms with Crippen molar-refractivity contribution in [2.45, 2.75) is 19.5 Å². The predicted molar refractivity (Wildman–Crippen MR) is 106 cm³/mol. The fraction of sp³-hybridized carbons (Fsp3) is 0.364. The molecule has 3 rings (SSSR count). The molecule has 1 fully saturated rings. The Hall–Kier alpha value is -2.68. The zero-order chi connectivity index (χ0) is 19.1. The highest BCUT2D eigenvalue weighted by Crippen LogP contribution is 2.13. The minimum Gasteiger partial charge on any atom is -0.348 e. The Labute approximate surface area is 161 Å². The topological polar surface area (TPSA) is 59.4 Å². The number of amides is 1. The van der Waals surface area contributed by atoms with Gasteiger partial charge in [0.05, 0.1) is 24.2 Å². The molecule has 1 N–H and O–H groups in total. The van der Waals surface area contributed by atoms with Crippen LogP contribution in [0, 0.1) is 11.3 Å². The van der Waals surface area contributed by atoms with E-state index in [-0.39, 0.29) is 11.9 Å². The van der Waals surface area contributed by atoms with E-state index in [0.717, 1.165) is 38.3 Å². The van der Waals surface area contributed by atoms with Gasteiger partial charge >= 0.3 is 0 Å². The first-order valence-corrected chi connectivity index (χ1v) is 9.42. The molecule has 1 aliphatic heterocycles. The minimum atomic E-state index is -0.0652. The molecule has 1 aliphatic rings. The molecule has 1 amide bonds. The summed E-state index contributed by atoms with van der Waals surface area (Å²) in [5, 5.41) is 11.9. The van der Waals surface area contributed by atoms with Gasteiger partial charge < -0.3 is 5.32 Å². The zero-order valence-electron chi connectivity index (χ0n) is 15.8. The SMILES string of the molecule is CC(NC(=O)CN1CCN(Cc2ccccc2)CC1)c1ccc(C#N)cc1. The van der Waals surface area contributed by atoms with Crippen LogP contribution in [0.5, 0.6) is 0 Å². The van der Waals surface area contributed by atoms with Crippen molar-refractivity contribution in [1.82, 2.24) is 15.1 Å². The third-order valence-electron chi connectivity index (χ3n) is 5.00. The van der Waals surface area contributed by atoms with E-state index in [4.69, 9.17) is 5.26 Å². The molecule has 0 radical (unpaired) electrons. The largest absolute Gasteiger partial charge is 0.348 e. The summed E-state index contributed by atoms with van der Waals surface area (Å²) in [5.41, 5.74) is 2.97. The van der Waals surface area contributed by atoms with Gasteiger partial charge in [-0.2, -0.15) is 5.26 Å². The van der Waals surface area contributed by atoms with Crippen molar-refractivity contribution >= 4 is 5.91 Å². The van der Waals surface area contributed by atoms with Crippen LogP contribution in [0.25, 0.3) is 0 Å². The van der Waals surface area contributed by atoms with Gasteiger partial charge in [0.25, 0.3) is 0 Å². The molecular weight excluding hydrogens is 336 g/mol. The fourth-order valence-electron chi connectivity index (χ4n) is 3.37. The van der Waals surface area contributed by atoms with Crippen LogP contribution in [0.3, 0.4) is 0 Å². The Morgan fingerprint density at radius 2 is 1.67 bits per heavy atom. The van der Waals surface area contributed by atoms with Crippen LogP contribution in [0.2, 0.25) is 0 Å². The van der Waals surface area contributed by atoms with Crippen molar-refractivity contribution in [3.63, 3.8) is 0 Å². The molecule has 1 heterocycles. The van der Waals surface area contributed by atoms with Crippen LogP contribution in [0.4, 0.5) is 0 Å². The second-order valence-corrected chi connectivity index (χ2v) is 7.06. The number of carbonyl (C=O) groups excluding carboxylic acids is 1. The highest BCUT2D eigenvalue weighted by Gasteiger charge is 2.20. The summed E-state index contributed by atoms with van der Waals surface area (Å²) in [6.45, 7) is 7.14. The number of rotatable bonds is 6. The second-order valence-electron chi connectivity index (χ2n) is 7.06. The van der Waals surface area contributed by atoms with Crippen molar-refractivity contribution < 1.29 is 4.79 Å². The van der Waals surface area contributed by atoms with Crippen LogP contribution in [0.1, 0.15) is 29.7 Å². The molecule has 1 atom stereocenters. The lowest BCUT2D eigenvalue weighted by Crippen LogP contribution is -2.49. The van der Waals surface area contributed by atoms with Crippen LogP contribution in [-0.4, -0.2) is 48.4 Å². The van der Waals surface area contributed by atoms with Gasteiger partial charge in [-0.05, 0) is 30.2 Å².